The van der Waals surface area contributed by atoms with E-state index in [-0.39, 0.29) is 26.2 Å². The first kappa shape index (κ1) is 50.3. The highest BCUT2D eigenvalue weighted by atomic mass is 31.2. The number of phosphoric ester groups is 1. The summed E-state index contributed by atoms with van der Waals surface area (Å²) < 4.78 is 34.2. The number of rotatable bonds is 37. The highest BCUT2D eigenvalue weighted by Crippen LogP contribution is 2.38. The summed E-state index contributed by atoms with van der Waals surface area (Å²) in [5.41, 5.74) is 0. The van der Waals surface area contributed by atoms with Gasteiger partial charge in [0.1, 0.15) is 19.8 Å². The fraction of sp³-hybridized carbons (Fsp3) is 0.786. The van der Waals surface area contributed by atoms with Gasteiger partial charge in [0.25, 0.3) is 7.82 Å². The largest absolute Gasteiger partial charge is 0.756 e. The van der Waals surface area contributed by atoms with Gasteiger partial charge in [-0.05, 0) is 44.6 Å². The number of carbonyl (C=O) groups is 1. The number of hydrogen-bond donors (Lipinski definition) is 1. The molecule has 1 N–H and O–H groups in total. The number of quaternary nitrogens is 1. The molecule has 52 heavy (non-hydrogen) atoms. The predicted octanol–water partition coefficient (Wildman–Crippen LogP) is 10.3. The van der Waals surface area contributed by atoms with Gasteiger partial charge >= 0.3 is 5.97 Å². The van der Waals surface area contributed by atoms with Gasteiger partial charge in [-0.3, -0.25) is 9.36 Å². The molecule has 0 fully saturated rings. The quantitative estimate of drug-likeness (QED) is 0.0127. The van der Waals surface area contributed by atoms with E-state index in [2.05, 4.69) is 32.1 Å². The monoisotopic (exact) mass is 756 g/mol. The maximum absolute atomic E-state index is 12.6. The molecule has 0 saturated carbocycles. The molecule has 0 aromatic carbocycles. The molecule has 0 amide bonds. The first-order valence-electron chi connectivity index (χ1n) is 20.5. The fourth-order valence-corrected chi connectivity index (χ4v) is 6.07. The summed E-state index contributed by atoms with van der Waals surface area (Å²) in [4.78, 5) is 25.0. The number of carbonyl (C=O) groups excluding carboxylic acids is 1. The molecule has 9 nitrogen and oxygen atoms in total. The van der Waals surface area contributed by atoms with Crippen LogP contribution in [0.1, 0.15) is 155 Å². The van der Waals surface area contributed by atoms with Crippen LogP contribution in [0.25, 0.3) is 0 Å². The van der Waals surface area contributed by atoms with E-state index in [9.17, 15) is 19.4 Å². The number of likely N-dealkylation sites (N-methyl/N-ethyl adjacent to an activating group) is 1. The van der Waals surface area contributed by atoms with Gasteiger partial charge in [0.2, 0.25) is 0 Å². The molecular weight excluding hydrogens is 677 g/mol. The summed E-state index contributed by atoms with van der Waals surface area (Å²) in [5, 5.41) is 10.1. The van der Waals surface area contributed by atoms with Crippen LogP contribution >= 0.6 is 7.82 Å². The summed E-state index contributed by atoms with van der Waals surface area (Å²) in [7, 11) is 1.26. The van der Waals surface area contributed by atoms with Gasteiger partial charge in [0, 0.05) is 6.42 Å². The molecule has 304 valence electrons. The lowest BCUT2D eigenvalue weighted by atomic mass is 10.0. The summed E-state index contributed by atoms with van der Waals surface area (Å²) >= 11 is 0. The van der Waals surface area contributed by atoms with E-state index in [4.69, 9.17) is 18.5 Å². The molecule has 0 aromatic rings. The number of allylic oxidation sites excluding steroid dienone is 6. The average Bonchev–Trinajstić information content (AvgIpc) is 3.08. The van der Waals surface area contributed by atoms with E-state index in [0.29, 0.717) is 23.9 Å². The standard InChI is InChI=1S/C42H78NO8P/c1-6-8-10-12-14-15-16-17-18-19-20-22-27-31-36-48-38-41(39-50-52(46,47)49-37-35-43(3,4)5)51-42(45)34-30-26-23-25-29-33-40(44)32-28-24-21-13-11-9-7-2/h9,11,21,24,28,31-32,36,40-41,44H,6-8,10,12-20,22-23,25-27,29-30,33-35,37-39H2,1-5H3/b11-9+,24-21+,32-28+,36-31+/t40?,41-/m1/s1. The van der Waals surface area contributed by atoms with E-state index in [1.807, 2.05) is 45.4 Å². The summed E-state index contributed by atoms with van der Waals surface area (Å²) in [6.07, 6.45) is 38.0. The number of ether oxygens (including phenoxy) is 2. The molecule has 0 saturated heterocycles. The number of hydrogen-bond acceptors (Lipinski definition) is 8. The summed E-state index contributed by atoms with van der Waals surface area (Å²) in [6, 6.07) is 0. The van der Waals surface area contributed by atoms with Crippen LogP contribution in [0.5, 0.6) is 0 Å². The number of esters is 1. The van der Waals surface area contributed by atoms with Crippen molar-refractivity contribution in [1.29, 1.82) is 0 Å². The first-order chi connectivity index (χ1) is 25.0. The van der Waals surface area contributed by atoms with Crippen molar-refractivity contribution in [3.8, 4) is 0 Å². The Hall–Kier alpha value is -1.74. The molecule has 0 heterocycles. The number of unbranched alkanes of at least 4 members (excludes halogenated alkanes) is 16. The third-order valence-corrected chi connectivity index (χ3v) is 9.53. The molecule has 0 aliphatic heterocycles. The van der Waals surface area contributed by atoms with Gasteiger partial charge in [-0.1, -0.05) is 147 Å². The second kappa shape index (κ2) is 35.0. The first-order valence-corrected chi connectivity index (χ1v) is 22.0. The Morgan fingerprint density at radius 2 is 1.37 bits per heavy atom. The average molecular weight is 756 g/mol. The van der Waals surface area contributed by atoms with Gasteiger partial charge in [-0.2, -0.15) is 0 Å². The van der Waals surface area contributed by atoms with Crippen molar-refractivity contribution in [2.45, 2.75) is 167 Å². The molecule has 0 aliphatic rings. The van der Waals surface area contributed by atoms with Crippen molar-refractivity contribution >= 4 is 13.8 Å². The van der Waals surface area contributed by atoms with Crippen LogP contribution in [0.4, 0.5) is 0 Å². The molecule has 3 atom stereocenters. The second-order valence-corrected chi connectivity index (χ2v) is 16.3. The molecule has 0 aromatic heterocycles. The van der Waals surface area contributed by atoms with Crippen molar-refractivity contribution in [3.63, 3.8) is 0 Å². The van der Waals surface area contributed by atoms with E-state index in [1.54, 1.807) is 6.26 Å². The van der Waals surface area contributed by atoms with Crippen LogP contribution in [0.3, 0.4) is 0 Å². The highest BCUT2D eigenvalue weighted by Gasteiger charge is 2.20. The van der Waals surface area contributed by atoms with Crippen molar-refractivity contribution in [3.05, 3.63) is 48.8 Å². The number of nitrogens with zero attached hydrogens (tertiary/aromatic N) is 1. The zero-order valence-electron chi connectivity index (χ0n) is 33.9. The van der Waals surface area contributed by atoms with Gasteiger partial charge in [0.15, 0.2) is 6.10 Å². The lowest BCUT2D eigenvalue weighted by Gasteiger charge is -2.28. The van der Waals surface area contributed by atoms with Gasteiger partial charge in [0.05, 0.1) is 40.1 Å². The van der Waals surface area contributed by atoms with Gasteiger partial charge < -0.3 is 33.0 Å². The Balaban J connectivity index is 4.43. The Morgan fingerprint density at radius 1 is 0.750 bits per heavy atom. The van der Waals surface area contributed by atoms with E-state index in [0.717, 1.165) is 51.4 Å². The minimum absolute atomic E-state index is 0.00268. The third-order valence-electron chi connectivity index (χ3n) is 8.56. The van der Waals surface area contributed by atoms with Crippen LogP contribution in [0.15, 0.2) is 48.8 Å². The smallest absolute Gasteiger partial charge is 0.306 e. The van der Waals surface area contributed by atoms with E-state index < -0.39 is 26.0 Å². The topological polar surface area (TPSA) is 114 Å². The Bertz CT molecular complexity index is 991. The Morgan fingerprint density at radius 3 is 2.00 bits per heavy atom. The van der Waals surface area contributed by atoms with Crippen LogP contribution < -0.4 is 4.89 Å². The SMILES string of the molecule is CC/C=C/C/C=C/C=C/C(O)CCCCCCCC(=O)O[C@H](CO/C=C/CCCCCCCCCCCCCC)COP(=O)([O-])OCC[N+](C)(C)C. The predicted molar refractivity (Wildman–Crippen MR) is 214 cm³/mol. The Labute approximate surface area is 319 Å². The normalized spacial score (nSPS) is 14.9. The van der Waals surface area contributed by atoms with Crippen molar-refractivity contribution in [2.24, 2.45) is 0 Å². The van der Waals surface area contributed by atoms with Crippen LogP contribution in [0.2, 0.25) is 0 Å². The molecule has 0 bridgehead atoms. The van der Waals surface area contributed by atoms with Crippen molar-refractivity contribution in [2.75, 3.05) is 47.5 Å². The molecule has 10 heteroatoms. The van der Waals surface area contributed by atoms with Crippen molar-refractivity contribution in [1.82, 2.24) is 0 Å². The zero-order valence-corrected chi connectivity index (χ0v) is 34.8. The third kappa shape index (κ3) is 38.0. The molecule has 0 radical (unpaired) electrons. The minimum atomic E-state index is -4.56. The molecule has 0 spiro atoms. The Kier molecular flexibility index (Phi) is 33.8. The van der Waals surface area contributed by atoms with Crippen molar-refractivity contribution < 1.29 is 42.4 Å². The maximum Gasteiger partial charge on any atom is 0.306 e. The molecule has 0 rings (SSSR count). The van der Waals surface area contributed by atoms with Crippen LogP contribution in [-0.2, 0) is 27.9 Å². The summed E-state index contributed by atoms with van der Waals surface area (Å²) in [5.74, 6) is -0.414. The highest BCUT2D eigenvalue weighted by molar-refractivity contribution is 7.45. The van der Waals surface area contributed by atoms with Crippen LogP contribution in [0, 0.1) is 0 Å². The zero-order chi connectivity index (χ0) is 38.6. The lowest BCUT2D eigenvalue weighted by Crippen LogP contribution is -2.37. The van der Waals surface area contributed by atoms with E-state index >= 15 is 0 Å². The van der Waals surface area contributed by atoms with Gasteiger partial charge in [-0.25, -0.2) is 0 Å². The molecule has 2 unspecified atom stereocenters. The number of phosphoric acid groups is 1. The number of aliphatic hydroxyl groups is 1. The number of aliphatic hydroxyl groups excluding tert-OH is 1. The van der Waals surface area contributed by atoms with Crippen LogP contribution in [-0.4, -0.2) is 75.3 Å². The van der Waals surface area contributed by atoms with Gasteiger partial charge in [-0.15, -0.1) is 0 Å². The minimum Gasteiger partial charge on any atom is -0.756 e. The summed E-state index contributed by atoms with van der Waals surface area (Å²) in [6.45, 7) is 4.48. The lowest BCUT2D eigenvalue weighted by molar-refractivity contribution is -0.870. The fourth-order valence-electron chi connectivity index (χ4n) is 5.34. The second-order valence-electron chi connectivity index (χ2n) is 14.9. The van der Waals surface area contributed by atoms with E-state index in [1.165, 1.54) is 70.6 Å². The molecule has 0 aliphatic carbocycles. The maximum atomic E-state index is 12.6. The molecular formula is C42H78NO8P.